The van der Waals surface area contributed by atoms with Crippen LogP contribution in [0.2, 0.25) is 5.02 Å². The van der Waals surface area contributed by atoms with Gasteiger partial charge in [-0.25, -0.2) is 5.43 Å². The van der Waals surface area contributed by atoms with Crippen molar-refractivity contribution in [3.8, 4) is 5.75 Å². The normalized spacial score (nSPS) is 10.7. The average Bonchev–Trinajstić information content (AvgIpc) is 2.68. The Labute approximate surface area is 163 Å². The van der Waals surface area contributed by atoms with Gasteiger partial charge in [-0.1, -0.05) is 53.6 Å². The van der Waals surface area contributed by atoms with Gasteiger partial charge in [-0.2, -0.15) is 5.10 Å². The Morgan fingerprint density at radius 2 is 1.81 bits per heavy atom. The van der Waals surface area contributed by atoms with Crippen molar-refractivity contribution in [2.75, 3.05) is 0 Å². The monoisotopic (exact) mass is 378 g/mol. The van der Waals surface area contributed by atoms with Crippen LogP contribution in [0.15, 0.2) is 77.9 Å². The Bertz CT molecular complexity index is 935. The zero-order valence-corrected chi connectivity index (χ0v) is 15.6. The molecule has 3 rings (SSSR count). The number of rotatable bonds is 6. The minimum atomic E-state index is -0.287. The minimum absolute atomic E-state index is 0.287. The van der Waals surface area contributed by atoms with Crippen LogP contribution in [0.3, 0.4) is 0 Å². The zero-order valence-electron chi connectivity index (χ0n) is 14.9. The van der Waals surface area contributed by atoms with Crippen molar-refractivity contribution in [2.24, 2.45) is 5.10 Å². The van der Waals surface area contributed by atoms with Crippen molar-refractivity contribution >= 4 is 23.7 Å². The molecule has 0 fully saturated rings. The molecule has 136 valence electrons. The fourth-order valence-corrected chi connectivity index (χ4v) is 2.58. The van der Waals surface area contributed by atoms with Crippen molar-refractivity contribution < 1.29 is 9.53 Å². The van der Waals surface area contributed by atoms with Gasteiger partial charge in [-0.3, -0.25) is 4.79 Å². The smallest absolute Gasteiger partial charge is 0.271 e. The van der Waals surface area contributed by atoms with Crippen LogP contribution in [0, 0.1) is 6.92 Å². The van der Waals surface area contributed by atoms with Crippen molar-refractivity contribution in [1.82, 2.24) is 5.43 Å². The third-order valence-corrected chi connectivity index (χ3v) is 4.11. The SMILES string of the molecule is Cc1cccc(COc2ccc(C(=O)NN=Cc3ccc(Cl)cc3)cc2)c1. The lowest BCUT2D eigenvalue weighted by molar-refractivity contribution is 0.0955. The second kappa shape index (κ2) is 9.01. The fourth-order valence-electron chi connectivity index (χ4n) is 2.45. The molecule has 0 saturated carbocycles. The summed E-state index contributed by atoms with van der Waals surface area (Å²) in [5.74, 6) is 0.420. The molecule has 5 heteroatoms. The Balaban J connectivity index is 1.53. The third kappa shape index (κ3) is 5.69. The molecule has 0 bridgehead atoms. The first kappa shape index (κ1) is 18.7. The van der Waals surface area contributed by atoms with Crippen LogP contribution in [-0.2, 0) is 6.61 Å². The van der Waals surface area contributed by atoms with Crippen molar-refractivity contribution in [3.05, 3.63) is 100 Å². The first-order chi connectivity index (χ1) is 13.1. The second-order valence-corrected chi connectivity index (χ2v) is 6.49. The van der Waals surface area contributed by atoms with E-state index in [1.54, 1.807) is 42.6 Å². The molecular formula is C22H19ClN2O2. The maximum absolute atomic E-state index is 12.1. The summed E-state index contributed by atoms with van der Waals surface area (Å²) in [7, 11) is 0. The highest BCUT2D eigenvalue weighted by molar-refractivity contribution is 6.30. The molecular weight excluding hydrogens is 360 g/mol. The van der Waals surface area contributed by atoms with Crippen LogP contribution in [0.5, 0.6) is 5.75 Å². The van der Waals surface area contributed by atoms with Crippen LogP contribution in [-0.4, -0.2) is 12.1 Å². The molecule has 1 N–H and O–H groups in total. The summed E-state index contributed by atoms with van der Waals surface area (Å²) in [5.41, 5.74) is 6.16. The van der Waals surface area contributed by atoms with Gasteiger partial charge in [0.1, 0.15) is 12.4 Å². The Hall–Kier alpha value is -3.11. The molecule has 0 aliphatic rings. The molecule has 0 aliphatic carbocycles. The molecule has 0 unspecified atom stereocenters. The van der Waals surface area contributed by atoms with Gasteiger partial charge < -0.3 is 4.74 Å². The molecule has 4 nitrogen and oxygen atoms in total. The second-order valence-electron chi connectivity index (χ2n) is 6.05. The van der Waals surface area contributed by atoms with Crippen LogP contribution >= 0.6 is 11.6 Å². The van der Waals surface area contributed by atoms with Gasteiger partial charge in [0.15, 0.2) is 0 Å². The van der Waals surface area contributed by atoms with E-state index in [-0.39, 0.29) is 5.91 Å². The maximum Gasteiger partial charge on any atom is 0.271 e. The Kier molecular flexibility index (Phi) is 6.23. The average molecular weight is 379 g/mol. The molecule has 0 aliphatic heterocycles. The lowest BCUT2D eigenvalue weighted by Gasteiger charge is -2.07. The van der Waals surface area contributed by atoms with Crippen molar-refractivity contribution in [3.63, 3.8) is 0 Å². The van der Waals surface area contributed by atoms with E-state index in [1.807, 2.05) is 37.3 Å². The van der Waals surface area contributed by atoms with Crippen LogP contribution in [0.4, 0.5) is 0 Å². The van der Waals surface area contributed by atoms with Crippen LogP contribution in [0.1, 0.15) is 27.0 Å². The molecule has 0 spiro atoms. The van der Waals surface area contributed by atoms with Gasteiger partial charge in [0.2, 0.25) is 0 Å². The molecule has 0 saturated heterocycles. The van der Waals surface area contributed by atoms with E-state index in [2.05, 4.69) is 16.6 Å². The van der Waals surface area contributed by atoms with E-state index in [0.717, 1.165) is 11.1 Å². The molecule has 0 heterocycles. The van der Waals surface area contributed by atoms with Crippen LogP contribution < -0.4 is 10.2 Å². The summed E-state index contributed by atoms with van der Waals surface area (Å²) >= 11 is 5.83. The number of nitrogens with zero attached hydrogens (tertiary/aromatic N) is 1. The largest absolute Gasteiger partial charge is 0.489 e. The number of halogens is 1. The van der Waals surface area contributed by atoms with E-state index in [4.69, 9.17) is 16.3 Å². The van der Waals surface area contributed by atoms with E-state index in [9.17, 15) is 4.79 Å². The highest BCUT2D eigenvalue weighted by Gasteiger charge is 2.04. The Morgan fingerprint density at radius 3 is 2.52 bits per heavy atom. The molecule has 0 radical (unpaired) electrons. The first-order valence-electron chi connectivity index (χ1n) is 8.47. The molecule has 27 heavy (non-hydrogen) atoms. The lowest BCUT2D eigenvalue weighted by atomic mass is 10.1. The summed E-state index contributed by atoms with van der Waals surface area (Å²) in [5, 5.41) is 4.61. The van der Waals surface area contributed by atoms with E-state index < -0.39 is 0 Å². The van der Waals surface area contributed by atoms with Gasteiger partial charge in [-0.05, 0) is 54.4 Å². The predicted molar refractivity (Wildman–Crippen MR) is 108 cm³/mol. The Morgan fingerprint density at radius 1 is 1.07 bits per heavy atom. The minimum Gasteiger partial charge on any atom is -0.489 e. The number of carbonyl (C=O) groups excluding carboxylic acids is 1. The predicted octanol–water partition coefficient (Wildman–Crippen LogP) is 4.99. The lowest BCUT2D eigenvalue weighted by Crippen LogP contribution is -2.17. The number of hydrogen-bond acceptors (Lipinski definition) is 3. The van der Waals surface area contributed by atoms with E-state index in [1.165, 1.54) is 5.56 Å². The first-order valence-corrected chi connectivity index (χ1v) is 8.85. The standard InChI is InChI=1S/C22H19ClN2O2/c1-16-3-2-4-18(13-16)15-27-21-11-7-19(8-12-21)22(26)25-24-14-17-5-9-20(23)10-6-17/h2-14H,15H2,1H3,(H,25,26). The summed E-state index contributed by atoms with van der Waals surface area (Å²) in [6, 6.07) is 22.3. The van der Waals surface area contributed by atoms with Gasteiger partial charge in [-0.15, -0.1) is 0 Å². The summed E-state index contributed by atoms with van der Waals surface area (Å²) in [6.45, 7) is 2.53. The third-order valence-electron chi connectivity index (χ3n) is 3.85. The van der Waals surface area contributed by atoms with E-state index >= 15 is 0 Å². The number of carbonyl (C=O) groups is 1. The number of hydrogen-bond donors (Lipinski definition) is 1. The molecule has 0 aromatic heterocycles. The number of aryl methyl sites for hydroxylation is 1. The number of ether oxygens (including phenoxy) is 1. The van der Waals surface area contributed by atoms with E-state index in [0.29, 0.717) is 22.9 Å². The molecule has 1 amide bonds. The molecule has 3 aromatic carbocycles. The van der Waals surface area contributed by atoms with Crippen LogP contribution in [0.25, 0.3) is 0 Å². The summed E-state index contributed by atoms with van der Waals surface area (Å²) in [4.78, 5) is 12.1. The van der Waals surface area contributed by atoms with Gasteiger partial charge in [0, 0.05) is 10.6 Å². The zero-order chi connectivity index (χ0) is 19.1. The number of nitrogens with one attached hydrogen (secondary N) is 1. The van der Waals surface area contributed by atoms with Crippen molar-refractivity contribution in [1.29, 1.82) is 0 Å². The summed E-state index contributed by atoms with van der Waals surface area (Å²) in [6.07, 6.45) is 1.56. The number of hydrazone groups is 1. The number of benzene rings is 3. The highest BCUT2D eigenvalue weighted by atomic mass is 35.5. The maximum atomic E-state index is 12.1. The van der Waals surface area contributed by atoms with Gasteiger partial charge in [0.25, 0.3) is 5.91 Å². The van der Waals surface area contributed by atoms with Crippen molar-refractivity contribution in [2.45, 2.75) is 13.5 Å². The molecule has 3 aromatic rings. The topological polar surface area (TPSA) is 50.7 Å². The number of amides is 1. The molecule has 0 atom stereocenters. The summed E-state index contributed by atoms with van der Waals surface area (Å²) < 4.78 is 5.76. The van der Waals surface area contributed by atoms with Gasteiger partial charge in [0.05, 0.1) is 6.21 Å². The quantitative estimate of drug-likeness (QED) is 0.485. The highest BCUT2D eigenvalue weighted by Crippen LogP contribution is 2.15. The fraction of sp³-hybridized carbons (Fsp3) is 0.0909. The van der Waals surface area contributed by atoms with Gasteiger partial charge >= 0.3 is 0 Å².